The smallest absolute Gasteiger partial charge is 0.266 e. The number of ether oxygens (including phenoxy) is 2. The van der Waals surface area contributed by atoms with Gasteiger partial charge in [-0.05, 0) is 0 Å². The minimum Gasteiger partial charge on any atom is -0.454 e. The number of nitrogens with one attached hydrogen (secondary N) is 1. The molecule has 0 saturated carbocycles. The summed E-state index contributed by atoms with van der Waals surface area (Å²) in [6.45, 7) is 0.218. The summed E-state index contributed by atoms with van der Waals surface area (Å²) in [6.07, 6.45) is 1.24. The first kappa shape index (κ1) is 7.37. The van der Waals surface area contributed by atoms with Crippen molar-refractivity contribution < 1.29 is 9.47 Å². The Morgan fingerprint density at radius 2 is 2.07 bits per heavy atom. The number of hydrogen-bond donors (Lipinski definition) is 1. The molecule has 0 spiro atoms. The van der Waals surface area contributed by atoms with E-state index in [1.807, 2.05) is 0 Å². The van der Waals surface area contributed by atoms with Gasteiger partial charge >= 0.3 is 0 Å². The summed E-state index contributed by atoms with van der Waals surface area (Å²) in [5, 5.41) is 0. The highest BCUT2D eigenvalue weighted by Crippen LogP contribution is 2.34. The van der Waals surface area contributed by atoms with E-state index in [9.17, 15) is 4.79 Å². The van der Waals surface area contributed by atoms with Gasteiger partial charge in [-0.3, -0.25) is 4.79 Å². The van der Waals surface area contributed by atoms with Crippen LogP contribution in [0.5, 0.6) is 11.5 Å². The molecule has 0 amide bonds. The largest absolute Gasteiger partial charge is 0.454 e. The lowest BCUT2D eigenvalue weighted by molar-refractivity contribution is 0.174. The molecule has 0 unspecified atom stereocenters. The lowest BCUT2D eigenvalue weighted by atomic mass is 10.2. The zero-order chi connectivity index (χ0) is 9.54. The van der Waals surface area contributed by atoms with Crippen LogP contribution in [0.1, 0.15) is 0 Å². The van der Waals surface area contributed by atoms with Crippen LogP contribution >= 0.6 is 0 Å². The molecule has 70 valence electrons. The Bertz CT molecular complexity index is 561. The summed E-state index contributed by atoms with van der Waals surface area (Å²) in [4.78, 5) is 17.6. The fraction of sp³-hybridized carbons (Fsp3) is 0.111. The van der Waals surface area contributed by atoms with Crippen molar-refractivity contribution in [1.82, 2.24) is 9.97 Å². The molecule has 2 aromatic rings. The molecule has 1 N–H and O–H groups in total. The van der Waals surface area contributed by atoms with Crippen LogP contribution in [-0.4, -0.2) is 16.8 Å². The first-order valence-electron chi connectivity index (χ1n) is 4.11. The second kappa shape index (κ2) is 2.47. The molecule has 0 fully saturated rings. The third kappa shape index (κ3) is 0.953. The van der Waals surface area contributed by atoms with Crippen LogP contribution in [0, 0.1) is 0 Å². The molecule has 0 atom stereocenters. The van der Waals surface area contributed by atoms with E-state index < -0.39 is 0 Å². The minimum absolute atomic E-state index is 0.218. The SMILES string of the molecule is O=c1cnc2cc3c(cc2[nH]1)OCO3. The van der Waals surface area contributed by atoms with Crippen molar-refractivity contribution in [1.29, 1.82) is 0 Å². The van der Waals surface area contributed by atoms with E-state index in [0.717, 1.165) is 0 Å². The molecule has 0 radical (unpaired) electrons. The first-order chi connectivity index (χ1) is 6.83. The highest BCUT2D eigenvalue weighted by Gasteiger charge is 2.14. The summed E-state index contributed by atoms with van der Waals surface area (Å²) in [5.41, 5.74) is 1.12. The van der Waals surface area contributed by atoms with Gasteiger partial charge in [0.2, 0.25) is 6.79 Å². The fourth-order valence-corrected chi connectivity index (χ4v) is 1.43. The van der Waals surface area contributed by atoms with Crippen LogP contribution in [0.25, 0.3) is 11.0 Å². The Balaban J connectivity index is 2.39. The average Bonchev–Trinajstić information content (AvgIpc) is 2.61. The lowest BCUT2D eigenvalue weighted by Gasteiger charge is -1.98. The molecule has 0 bridgehead atoms. The summed E-state index contributed by atoms with van der Waals surface area (Å²) >= 11 is 0. The fourth-order valence-electron chi connectivity index (χ4n) is 1.43. The molecule has 1 aliphatic rings. The Labute approximate surface area is 78.3 Å². The molecule has 1 aromatic carbocycles. The van der Waals surface area contributed by atoms with Crippen LogP contribution in [0.15, 0.2) is 23.1 Å². The predicted molar refractivity (Wildman–Crippen MR) is 48.5 cm³/mol. The van der Waals surface area contributed by atoms with Gasteiger partial charge in [-0.25, -0.2) is 4.98 Å². The maximum atomic E-state index is 11.0. The normalized spacial score (nSPS) is 13.4. The van der Waals surface area contributed by atoms with Crippen molar-refractivity contribution in [2.24, 2.45) is 0 Å². The molecule has 0 saturated heterocycles. The Morgan fingerprint density at radius 3 is 2.93 bits per heavy atom. The van der Waals surface area contributed by atoms with Crippen molar-refractivity contribution in [3.05, 3.63) is 28.7 Å². The van der Waals surface area contributed by atoms with Gasteiger partial charge in [0.1, 0.15) is 0 Å². The van der Waals surface area contributed by atoms with Crippen LogP contribution in [0.3, 0.4) is 0 Å². The third-order valence-corrected chi connectivity index (χ3v) is 2.07. The highest BCUT2D eigenvalue weighted by molar-refractivity contribution is 5.78. The number of aromatic nitrogens is 2. The number of fused-ring (bicyclic) bond motifs is 2. The molecule has 14 heavy (non-hydrogen) atoms. The molecule has 1 aromatic heterocycles. The van der Waals surface area contributed by atoms with Crippen LogP contribution in [0.2, 0.25) is 0 Å². The van der Waals surface area contributed by atoms with Gasteiger partial charge in [0.05, 0.1) is 17.2 Å². The van der Waals surface area contributed by atoms with Gasteiger partial charge in [0, 0.05) is 12.1 Å². The molecular formula is C9H6N2O3. The van der Waals surface area contributed by atoms with Crippen LogP contribution in [-0.2, 0) is 0 Å². The summed E-state index contributed by atoms with van der Waals surface area (Å²) in [7, 11) is 0. The van der Waals surface area contributed by atoms with Gasteiger partial charge in [0.15, 0.2) is 11.5 Å². The van der Waals surface area contributed by atoms with E-state index in [4.69, 9.17) is 9.47 Å². The van der Waals surface area contributed by atoms with E-state index in [1.54, 1.807) is 12.1 Å². The van der Waals surface area contributed by atoms with Gasteiger partial charge in [-0.1, -0.05) is 0 Å². The Kier molecular flexibility index (Phi) is 1.30. The Hall–Kier alpha value is -2.04. The summed E-state index contributed by atoms with van der Waals surface area (Å²) in [5.74, 6) is 1.30. The van der Waals surface area contributed by atoms with Crippen LogP contribution in [0.4, 0.5) is 0 Å². The van der Waals surface area contributed by atoms with E-state index in [1.165, 1.54) is 6.20 Å². The van der Waals surface area contributed by atoms with Gasteiger partial charge in [-0.2, -0.15) is 0 Å². The molecular weight excluding hydrogens is 184 g/mol. The summed E-state index contributed by atoms with van der Waals surface area (Å²) < 4.78 is 10.4. The van der Waals surface area contributed by atoms with E-state index in [2.05, 4.69) is 9.97 Å². The molecule has 0 aliphatic carbocycles. The minimum atomic E-state index is -0.226. The van der Waals surface area contributed by atoms with E-state index >= 15 is 0 Å². The molecule has 5 heteroatoms. The highest BCUT2D eigenvalue weighted by atomic mass is 16.7. The van der Waals surface area contributed by atoms with E-state index in [-0.39, 0.29) is 12.4 Å². The van der Waals surface area contributed by atoms with Crippen molar-refractivity contribution in [2.75, 3.05) is 6.79 Å². The van der Waals surface area contributed by atoms with Crippen molar-refractivity contribution in [2.45, 2.75) is 0 Å². The number of nitrogens with zero attached hydrogens (tertiary/aromatic N) is 1. The topological polar surface area (TPSA) is 64.2 Å². The van der Waals surface area contributed by atoms with Gasteiger partial charge in [-0.15, -0.1) is 0 Å². The molecule has 2 heterocycles. The maximum Gasteiger partial charge on any atom is 0.266 e. The van der Waals surface area contributed by atoms with Gasteiger partial charge in [0.25, 0.3) is 5.56 Å². The van der Waals surface area contributed by atoms with Crippen molar-refractivity contribution >= 4 is 11.0 Å². The van der Waals surface area contributed by atoms with Crippen molar-refractivity contribution in [3.63, 3.8) is 0 Å². The van der Waals surface area contributed by atoms with Gasteiger partial charge < -0.3 is 14.5 Å². The third-order valence-electron chi connectivity index (χ3n) is 2.07. The number of H-pyrrole nitrogens is 1. The number of benzene rings is 1. The quantitative estimate of drug-likeness (QED) is 0.662. The van der Waals surface area contributed by atoms with Crippen molar-refractivity contribution in [3.8, 4) is 11.5 Å². The molecule has 5 nitrogen and oxygen atoms in total. The number of aromatic amines is 1. The number of hydrogen-bond acceptors (Lipinski definition) is 4. The standard InChI is InChI=1S/C9H6N2O3/c12-9-3-10-5-1-7-8(14-4-13-7)2-6(5)11-9/h1-3H,4H2,(H,11,12). The second-order valence-corrected chi connectivity index (χ2v) is 2.97. The zero-order valence-electron chi connectivity index (χ0n) is 7.11. The number of rotatable bonds is 0. The zero-order valence-corrected chi connectivity index (χ0v) is 7.11. The molecule has 3 rings (SSSR count). The Morgan fingerprint density at radius 1 is 1.29 bits per heavy atom. The first-order valence-corrected chi connectivity index (χ1v) is 4.11. The molecule has 1 aliphatic heterocycles. The average molecular weight is 190 g/mol. The van der Waals surface area contributed by atoms with E-state index in [0.29, 0.717) is 22.5 Å². The second-order valence-electron chi connectivity index (χ2n) is 2.97. The summed E-state index contributed by atoms with van der Waals surface area (Å²) in [6, 6.07) is 3.46. The lowest BCUT2D eigenvalue weighted by Crippen LogP contribution is -2.04. The predicted octanol–water partition coefficient (Wildman–Crippen LogP) is 0.652. The maximum absolute atomic E-state index is 11.0. The van der Waals surface area contributed by atoms with Crippen LogP contribution < -0.4 is 15.0 Å². The monoisotopic (exact) mass is 190 g/mol.